The number of nitrogens with zero attached hydrogens (tertiary/aromatic N) is 1. The summed E-state index contributed by atoms with van der Waals surface area (Å²) in [5.41, 5.74) is -0.456. The Kier molecular flexibility index (Phi) is 6.13. The lowest BCUT2D eigenvalue weighted by Gasteiger charge is -2.22. The summed E-state index contributed by atoms with van der Waals surface area (Å²) in [6, 6.07) is 3.76. The number of sulfone groups is 1. The molecule has 1 aromatic rings. The van der Waals surface area contributed by atoms with Gasteiger partial charge in [0.05, 0.1) is 11.2 Å². The number of benzene rings is 1. The predicted molar refractivity (Wildman–Crippen MR) is 95.9 cm³/mol. The first-order valence-corrected chi connectivity index (χ1v) is 12.4. The van der Waals surface area contributed by atoms with Gasteiger partial charge in [-0.3, -0.25) is 0 Å². The van der Waals surface area contributed by atoms with Crippen LogP contribution >= 0.6 is 0 Å². The van der Waals surface area contributed by atoms with Gasteiger partial charge >= 0.3 is 0 Å². The van der Waals surface area contributed by atoms with Crippen molar-refractivity contribution in [2.24, 2.45) is 0 Å². The first kappa shape index (κ1) is 22.0. The molecule has 0 aliphatic rings. The molecule has 0 aliphatic carbocycles. The minimum Gasteiger partial charge on any atom is -0.224 e. The van der Waals surface area contributed by atoms with Crippen molar-refractivity contribution in [1.82, 2.24) is 9.03 Å². The number of hydrogen-bond donors (Lipinski definition) is 1. The average Bonchev–Trinajstić information content (AvgIpc) is 2.33. The maximum atomic E-state index is 12.6. The SMILES string of the molecule is CN(Cc1ccc(S(C)(=O)=O)c(S(=O)(=O)NC(C)(C)C)c1)S(C)(=O)=O. The third-order valence-corrected chi connectivity index (χ3v) is 7.45. The van der Waals surface area contributed by atoms with Crippen LogP contribution in [0.5, 0.6) is 0 Å². The van der Waals surface area contributed by atoms with Gasteiger partial charge in [-0.1, -0.05) is 6.07 Å². The second-order valence-corrected chi connectivity index (χ2v) is 12.7. The first-order chi connectivity index (χ1) is 10.9. The van der Waals surface area contributed by atoms with E-state index in [0.717, 1.165) is 16.8 Å². The second-order valence-electron chi connectivity index (χ2n) is 6.93. The standard InChI is InChI=1S/C14H24N2O6S3/c1-14(2,3)15-25(21,22)13-9-11(10-16(4)24(6,19)20)7-8-12(13)23(5,17)18/h7-9,15H,10H2,1-6H3. The van der Waals surface area contributed by atoms with E-state index >= 15 is 0 Å². The zero-order chi connectivity index (χ0) is 19.8. The van der Waals surface area contributed by atoms with E-state index in [9.17, 15) is 25.3 Å². The second kappa shape index (κ2) is 6.95. The molecule has 0 heterocycles. The summed E-state index contributed by atoms with van der Waals surface area (Å²) < 4.78 is 75.7. The summed E-state index contributed by atoms with van der Waals surface area (Å²) >= 11 is 0. The Bertz CT molecular complexity index is 958. The molecule has 1 rings (SSSR count). The Morgan fingerprint density at radius 1 is 0.960 bits per heavy atom. The van der Waals surface area contributed by atoms with Crippen LogP contribution in [0.25, 0.3) is 0 Å². The van der Waals surface area contributed by atoms with Crippen molar-refractivity contribution in [3.05, 3.63) is 23.8 Å². The highest BCUT2D eigenvalue weighted by molar-refractivity contribution is 7.93. The molecular formula is C14H24N2O6S3. The number of rotatable bonds is 6. The predicted octanol–water partition coefficient (Wildman–Crippen LogP) is 0.558. The van der Waals surface area contributed by atoms with E-state index in [1.807, 2.05) is 0 Å². The number of hydrogen-bond acceptors (Lipinski definition) is 6. The third-order valence-electron chi connectivity index (χ3n) is 3.11. The minimum absolute atomic E-state index is 0.0824. The fourth-order valence-electron chi connectivity index (χ4n) is 2.00. The van der Waals surface area contributed by atoms with Gasteiger partial charge in [0, 0.05) is 25.4 Å². The van der Waals surface area contributed by atoms with E-state index in [1.165, 1.54) is 25.2 Å². The van der Waals surface area contributed by atoms with Gasteiger partial charge in [-0.05, 0) is 38.5 Å². The molecular weight excluding hydrogens is 388 g/mol. The van der Waals surface area contributed by atoms with Crippen molar-refractivity contribution in [2.45, 2.75) is 42.6 Å². The molecule has 0 aliphatic heterocycles. The highest BCUT2D eigenvalue weighted by Crippen LogP contribution is 2.24. The molecule has 0 bridgehead atoms. The Morgan fingerprint density at radius 3 is 1.88 bits per heavy atom. The summed E-state index contributed by atoms with van der Waals surface area (Å²) in [6.07, 6.45) is 1.94. The molecule has 1 aromatic carbocycles. The van der Waals surface area contributed by atoms with Gasteiger partial charge in [-0.2, -0.15) is 0 Å². The summed E-state index contributed by atoms with van der Waals surface area (Å²) in [4.78, 5) is -0.737. The Hall–Kier alpha value is -1.01. The monoisotopic (exact) mass is 412 g/mol. The van der Waals surface area contributed by atoms with Crippen LogP contribution in [0.3, 0.4) is 0 Å². The van der Waals surface area contributed by atoms with Crippen molar-refractivity contribution in [1.29, 1.82) is 0 Å². The quantitative estimate of drug-likeness (QED) is 0.729. The van der Waals surface area contributed by atoms with Crippen molar-refractivity contribution in [3.63, 3.8) is 0 Å². The van der Waals surface area contributed by atoms with Gasteiger partial charge in [0.1, 0.15) is 4.90 Å². The molecule has 1 N–H and O–H groups in total. The summed E-state index contributed by atoms with van der Waals surface area (Å²) in [7, 11) is -10.0. The molecule has 11 heteroatoms. The maximum absolute atomic E-state index is 12.6. The molecule has 0 spiro atoms. The van der Waals surface area contributed by atoms with Crippen LogP contribution in [0.15, 0.2) is 28.0 Å². The molecule has 8 nitrogen and oxygen atoms in total. The summed E-state index contributed by atoms with van der Waals surface area (Å²) in [6.45, 7) is 4.81. The van der Waals surface area contributed by atoms with E-state index in [0.29, 0.717) is 5.56 Å². The van der Waals surface area contributed by atoms with Crippen LogP contribution < -0.4 is 4.72 Å². The zero-order valence-electron chi connectivity index (χ0n) is 15.1. The fourth-order valence-corrected chi connectivity index (χ4v) is 5.46. The van der Waals surface area contributed by atoms with Crippen LogP contribution in [-0.4, -0.2) is 54.7 Å². The lowest BCUT2D eigenvalue weighted by Crippen LogP contribution is -2.41. The normalized spacial score (nSPS) is 14.0. The van der Waals surface area contributed by atoms with Crippen molar-refractivity contribution in [2.75, 3.05) is 19.6 Å². The van der Waals surface area contributed by atoms with Gasteiger partial charge in [0.2, 0.25) is 20.0 Å². The molecule has 0 radical (unpaired) electrons. The minimum atomic E-state index is -4.12. The van der Waals surface area contributed by atoms with Crippen LogP contribution in [0.4, 0.5) is 0 Å². The van der Waals surface area contributed by atoms with Crippen LogP contribution in [-0.2, 0) is 36.4 Å². The highest BCUT2D eigenvalue weighted by Gasteiger charge is 2.28. The van der Waals surface area contributed by atoms with E-state index in [4.69, 9.17) is 0 Å². The lowest BCUT2D eigenvalue weighted by molar-refractivity contribution is 0.471. The number of sulfonamides is 2. The molecule has 144 valence electrons. The highest BCUT2D eigenvalue weighted by atomic mass is 32.2. The van der Waals surface area contributed by atoms with Crippen LogP contribution in [0.2, 0.25) is 0 Å². The molecule has 0 fully saturated rings. The molecule has 0 unspecified atom stereocenters. The molecule has 25 heavy (non-hydrogen) atoms. The van der Waals surface area contributed by atoms with Gasteiger partial charge in [-0.15, -0.1) is 0 Å². The van der Waals surface area contributed by atoms with Gasteiger partial charge in [0.25, 0.3) is 0 Å². The van der Waals surface area contributed by atoms with E-state index in [1.54, 1.807) is 20.8 Å². The molecule has 0 saturated carbocycles. The van der Waals surface area contributed by atoms with Crippen LogP contribution in [0.1, 0.15) is 26.3 Å². The zero-order valence-corrected chi connectivity index (χ0v) is 17.5. The molecule has 0 saturated heterocycles. The largest absolute Gasteiger partial charge is 0.242 e. The van der Waals surface area contributed by atoms with Crippen molar-refractivity contribution < 1.29 is 25.3 Å². The number of nitrogens with one attached hydrogen (secondary N) is 1. The Balaban J connectivity index is 3.54. The van der Waals surface area contributed by atoms with E-state index in [-0.39, 0.29) is 11.4 Å². The Morgan fingerprint density at radius 2 is 1.48 bits per heavy atom. The average molecular weight is 413 g/mol. The van der Waals surface area contributed by atoms with Crippen molar-refractivity contribution >= 4 is 29.9 Å². The maximum Gasteiger partial charge on any atom is 0.242 e. The van der Waals surface area contributed by atoms with E-state index < -0.39 is 40.3 Å². The fraction of sp³-hybridized carbons (Fsp3) is 0.571. The van der Waals surface area contributed by atoms with E-state index in [2.05, 4.69) is 4.72 Å². The lowest BCUT2D eigenvalue weighted by atomic mass is 10.1. The molecule has 0 amide bonds. The smallest absolute Gasteiger partial charge is 0.224 e. The van der Waals surface area contributed by atoms with Gasteiger partial charge < -0.3 is 0 Å². The Labute approximate surface area is 150 Å². The molecule has 0 aromatic heterocycles. The topological polar surface area (TPSA) is 118 Å². The summed E-state index contributed by atoms with van der Waals surface area (Å²) in [5, 5.41) is 0. The van der Waals surface area contributed by atoms with Crippen molar-refractivity contribution in [3.8, 4) is 0 Å². The first-order valence-electron chi connectivity index (χ1n) is 7.22. The molecule has 0 atom stereocenters. The van der Waals surface area contributed by atoms with Gasteiger partial charge in [0.15, 0.2) is 9.84 Å². The third kappa shape index (κ3) is 6.33. The van der Waals surface area contributed by atoms with Gasteiger partial charge in [-0.25, -0.2) is 34.3 Å². The van der Waals surface area contributed by atoms with Crippen LogP contribution in [0, 0.1) is 0 Å². The summed E-state index contributed by atoms with van der Waals surface area (Å²) in [5.74, 6) is 0.